The number of nitrogens with zero attached hydrogens (tertiary/aromatic N) is 3. The summed E-state index contributed by atoms with van der Waals surface area (Å²) in [6.45, 7) is 1.04. The van der Waals surface area contributed by atoms with Crippen molar-refractivity contribution in [1.82, 2.24) is 9.88 Å². The van der Waals surface area contributed by atoms with Crippen LogP contribution in [0.15, 0.2) is 36.4 Å². The van der Waals surface area contributed by atoms with Crippen molar-refractivity contribution in [2.24, 2.45) is 0 Å². The molecule has 0 radical (unpaired) electrons. The molecule has 150 valence electrons. The molecule has 1 aromatic heterocycles. The van der Waals surface area contributed by atoms with Crippen LogP contribution in [-0.4, -0.2) is 43.0 Å². The number of amides is 1. The van der Waals surface area contributed by atoms with Crippen LogP contribution in [0.25, 0.3) is 10.2 Å². The highest BCUT2D eigenvalue weighted by Crippen LogP contribution is 2.32. The Labute approximate surface area is 171 Å². The van der Waals surface area contributed by atoms with E-state index in [1.54, 1.807) is 0 Å². The van der Waals surface area contributed by atoms with Crippen molar-refractivity contribution in [3.8, 4) is 0 Å². The van der Waals surface area contributed by atoms with Gasteiger partial charge in [0.2, 0.25) is 0 Å². The van der Waals surface area contributed by atoms with E-state index in [2.05, 4.69) is 4.98 Å². The second-order valence-corrected chi connectivity index (χ2v) is 7.36. The molecule has 0 spiro atoms. The summed E-state index contributed by atoms with van der Waals surface area (Å²) in [4.78, 5) is 20.5. The van der Waals surface area contributed by atoms with Crippen LogP contribution in [0.4, 0.5) is 18.3 Å². The second-order valence-electron chi connectivity index (χ2n) is 6.35. The molecular weight excluding hydrogens is 411 g/mol. The van der Waals surface area contributed by atoms with Crippen LogP contribution in [0.2, 0.25) is 0 Å². The van der Waals surface area contributed by atoms with E-state index >= 15 is 0 Å². The van der Waals surface area contributed by atoms with Gasteiger partial charge in [-0.3, -0.25) is 9.69 Å². The molecule has 0 fully saturated rings. The quantitative estimate of drug-likeness (QED) is 0.568. The number of carbonyl (C=O) groups excluding carboxylic acids is 1. The maximum atomic E-state index is 14.0. The van der Waals surface area contributed by atoms with Gasteiger partial charge < -0.3 is 4.90 Å². The molecule has 3 rings (SSSR count). The largest absolute Gasteiger partial charge is 0.309 e. The summed E-state index contributed by atoms with van der Waals surface area (Å²) in [7, 11) is 3.82. The van der Waals surface area contributed by atoms with Crippen LogP contribution in [0.5, 0.6) is 0 Å². The fraction of sp³-hybridized carbons (Fsp3) is 0.263. The minimum Gasteiger partial charge on any atom is -0.309 e. The fourth-order valence-electron chi connectivity index (χ4n) is 2.67. The normalized spacial score (nSPS) is 10.9. The molecule has 0 atom stereocenters. The highest BCUT2D eigenvalue weighted by molar-refractivity contribution is 7.22. The SMILES string of the molecule is CN(C)CCCN(C(=O)c1cccc(F)c1)c1nc2c(F)cc(F)cc2s1.Cl. The fourth-order valence-corrected chi connectivity index (χ4v) is 3.70. The third-order valence-electron chi connectivity index (χ3n) is 3.94. The van der Waals surface area contributed by atoms with Crippen LogP contribution >= 0.6 is 23.7 Å². The monoisotopic (exact) mass is 429 g/mol. The summed E-state index contributed by atoms with van der Waals surface area (Å²) in [5.41, 5.74) is 0.187. The van der Waals surface area contributed by atoms with Crippen LogP contribution < -0.4 is 4.90 Å². The number of aromatic nitrogens is 1. The molecule has 3 aromatic rings. The molecule has 4 nitrogen and oxygen atoms in total. The molecule has 0 N–H and O–H groups in total. The van der Waals surface area contributed by atoms with Gasteiger partial charge in [-0.25, -0.2) is 18.2 Å². The van der Waals surface area contributed by atoms with Crippen molar-refractivity contribution >= 4 is 45.0 Å². The number of thiazole rings is 1. The Balaban J connectivity index is 0.00000280. The van der Waals surface area contributed by atoms with Gasteiger partial charge in [0, 0.05) is 18.2 Å². The van der Waals surface area contributed by atoms with Gasteiger partial charge in [0.15, 0.2) is 10.9 Å². The number of hydrogen-bond acceptors (Lipinski definition) is 4. The van der Waals surface area contributed by atoms with Crippen molar-refractivity contribution in [2.75, 3.05) is 32.1 Å². The van der Waals surface area contributed by atoms with Crippen LogP contribution in [0, 0.1) is 17.5 Å². The standard InChI is InChI=1S/C19H18F3N3OS.ClH/c1-24(2)7-4-8-25(18(26)12-5-3-6-13(20)9-12)19-23-17-15(22)10-14(21)11-16(17)27-19;/h3,5-6,9-11H,4,7-8H2,1-2H3;1H. The summed E-state index contributed by atoms with van der Waals surface area (Å²) < 4.78 is 41.3. The third kappa shape index (κ3) is 5.01. The first-order chi connectivity index (χ1) is 12.8. The molecule has 9 heteroatoms. The lowest BCUT2D eigenvalue weighted by Crippen LogP contribution is -2.33. The topological polar surface area (TPSA) is 36.4 Å². The van der Waals surface area contributed by atoms with Crippen molar-refractivity contribution < 1.29 is 18.0 Å². The zero-order chi connectivity index (χ0) is 19.6. The van der Waals surface area contributed by atoms with Crippen molar-refractivity contribution in [3.05, 3.63) is 59.4 Å². The zero-order valence-electron chi connectivity index (χ0n) is 15.3. The first kappa shape index (κ1) is 22.1. The van der Waals surface area contributed by atoms with E-state index in [9.17, 15) is 18.0 Å². The molecule has 0 bridgehead atoms. The number of carbonyl (C=O) groups is 1. The lowest BCUT2D eigenvalue weighted by Gasteiger charge is -2.21. The zero-order valence-corrected chi connectivity index (χ0v) is 16.9. The van der Waals surface area contributed by atoms with Gasteiger partial charge in [-0.05, 0) is 51.3 Å². The molecule has 0 aliphatic carbocycles. The van der Waals surface area contributed by atoms with E-state index in [1.165, 1.54) is 29.2 Å². The highest BCUT2D eigenvalue weighted by atomic mass is 35.5. The van der Waals surface area contributed by atoms with Gasteiger partial charge in [0.05, 0.1) is 4.70 Å². The van der Waals surface area contributed by atoms with Crippen LogP contribution in [-0.2, 0) is 0 Å². The average molecular weight is 430 g/mol. The van der Waals surface area contributed by atoms with E-state index < -0.39 is 23.4 Å². The number of fused-ring (bicyclic) bond motifs is 1. The Morgan fingerprint density at radius 1 is 1.07 bits per heavy atom. The smallest absolute Gasteiger partial charge is 0.260 e. The summed E-state index contributed by atoms with van der Waals surface area (Å²) in [6, 6.07) is 7.31. The molecule has 2 aromatic carbocycles. The summed E-state index contributed by atoms with van der Waals surface area (Å²) in [5, 5.41) is 0.252. The van der Waals surface area contributed by atoms with Crippen LogP contribution in [0.3, 0.4) is 0 Å². The Bertz CT molecular complexity index is 980. The third-order valence-corrected chi connectivity index (χ3v) is 4.96. The maximum absolute atomic E-state index is 14.0. The van der Waals surface area contributed by atoms with Gasteiger partial charge in [-0.1, -0.05) is 17.4 Å². The summed E-state index contributed by atoms with van der Waals surface area (Å²) in [6.07, 6.45) is 0.640. The first-order valence-electron chi connectivity index (χ1n) is 8.33. The van der Waals surface area contributed by atoms with Crippen molar-refractivity contribution in [3.63, 3.8) is 0 Å². The molecule has 1 heterocycles. The molecule has 0 aliphatic rings. The maximum Gasteiger partial charge on any atom is 0.260 e. The molecule has 0 saturated heterocycles. The van der Waals surface area contributed by atoms with Gasteiger partial charge >= 0.3 is 0 Å². The van der Waals surface area contributed by atoms with E-state index in [0.717, 1.165) is 30.0 Å². The first-order valence-corrected chi connectivity index (χ1v) is 9.14. The predicted octanol–water partition coefficient (Wildman–Crippen LogP) is 4.73. The number of benzene rings is 2. The number of halogens is 4. The van der Waals surface area contributed by atoms with E-state index in [4.69, 9.17) is 0 Å². The average Bonchev–Trinajstić information content (AvgIpc) is 3.02. The lowest BCUT2D eigenvalue weighted by molar-refractivity contribution is 0.0985. The molecular formula is C19H19ClF3N3OS. The molecule has 1 amide bonds. The number of hydrogen-bond donors (Lipinski definition) is 0. The van der Waals surface area contributed by atoms with E-state index in [-0.39, 0.29) is 28.6 Å². The van der Waals surface area contributed by atoms with Gasteiger partial charge in [0.25, 0.3) is 5.91 Å². The Morgan fingerprint density at radius 2 is 1.82 bits per heavy atom. The van der Waals surface area contributed by atoms with Gasteiger partial charge in [-0.2, -0.15) is 0 Å². The summed E-state index contributed by atoms with van der Waals surface area (Å²) >= 11 is 1.03. The molecule has 28 heavy (non-hydrogen) atoms. The summed E-state index contributed by atoms with van der Waals surface area (Å²) in [5.74, 6) is -2.44. The van der Waals surface area contributed by atoms with Gasteiger partial charge in [-0.15, -0.1) is 12.4 Å². The Hall–Kier alpha value is -2.16. The molecule has 0 unspecified atom stereocenters. The van der Waals surface area contributed by atoms with E-state index in [1.807, 2.05) is 19.0 Å². The minimum absolute atomic E-state index is 0. The van der Waals surface area contributed by atoms with Crippen molar-refractivity contribution in [1.29, 1.82) is 0 Å². The van der Waals surface area contributed by atoms with E-state index in [0.29, 0.717) is 17.7 Å². The highest BCUT2D eigenvalue weighted by Gasteiger charge is 2.22. The Morgan fingerprint density at radius 3 is 2.50 bits per heavy atom. The van der Waals surface area contributed by atoms with Crippen molar-refractivity contribution in [2.45, 2.75) is 6.42 Å². The number of anilines is 1. The lowest BCUT2D eigenvalue weighted by atomic mass is 10.2. The second kappa shape index (κ2) is 9.36. The number of rotatable bonds is 6. The van der Waals surface area contributed by atoms with Crippen LogP contribution in [0.1, 0.15) is 16.8 Å². The molecule has 0 saturated carbocycles. The minimum atomic E-state index is -0.779. The Kier molecular flexibility index (Phi) is 7.40. The van der Waals surface area contributed by atoms with Gasteiger partial charge in [0.1, 0.15) is 17.2 Å². The predicted molar refractivity (Wildman–Crippen MR) is 108 cm³/mol. The molecule has 0 aliphatic heterocycles.